The van der Waals surface area contributed by atoms with Crippen LogP contribution in [0.1, 0.15) is 37.0 Å². The quantitative estimate of drug-likeness (QED) is 0.495. The topological polar surface area (TPSA) is 58.6 Å². The highest BCUT2D eigenvalue weighted by molar-refractivity contribution is 6.04. The number of para-hydroxylation sites is 2. The molecule has 1 atom stereocenters. The summed E-state index contributed by atoms with van der Waals surface area (Å²) in [5.41, 5.74) is 5.02. The molecule has 1 N–H and O–H groups in total. The van der Waals surface area contributed by atoms with Gasteiger partial charge in [0.25, 0.3) is 0 Å². The number of ether oxygens (including phenoxy) is 1. The number of aryl methyl sites for hydroxylation is 3. The van der Waals surface area contributed by atoms with E-state index in [1.165, 1.54) is 0 Å². The van der Waals surface area contributed by atoms with E-state index in [2.05, 4.69) is 31.3 Å². The average Bonchev–Trinajstić information content (AvgIpc) is 3.22. The lowest BCUT2D eigenvalue weighted by atomic mass is 10.0. The Bertz CT molecular complexity index is 1130. The molecule has 1 heterocycles. The summed E-state index contributed by atoms with van der Waals surface area (Å²) in [4.78, 5) is 27.6. The Labute approximate surface area is 195 Å². The summed E-state index contributed by atoms with van der Waals surface area (Å²) in [5, 5.41) is 2.96. The van der Waals surface area contributed by atoms with Crippen LogP contribution in [0.4, 0.5) is 11.4 Å². The molecule has 2 amide bonds. The summed E-state index contributed by atoms with van der Waals surface area (Å²) < 4.78 is 5.93. The molecular weight excluding hydrogens is 412 g/mol. The standard InChI is InChI=1S/C28H30N2O3/c1-4-20-10-8-11-21(5-2)27(20)30-18-22(17-26(30)31)28(32)29-23-13-15-24(16-14-23)33-25-12-7-6-9-19(25)3/h6-16,22H,4-5,17-18H2,1-3H3,(H,29,32)/t22-/m1/s1. The van der Waals surface area contributed by atoms with Gasteiger partial charge in [0, 0.05) is 24.3 Å². The molecule has 3 aromatic rings. The summed E-state index contributed by atoms with van der Waals surface area (Å²) >= 11 is 0. The molecular formula is C28H30N2O3. The number of carbonyl (C=O) groups is 2. The molecule has 1 fully saturated rings. The van der Waals surface area contributed by atoms with Crippen LogP contribution in [-0.4, -0.2) is 18.4 Å². The number of hydrogen-bond donors (Lipinski definition) is 1. The summed E-state index contributed by atoms with van der Waals surface area (Å²) in [6, 6.07) is 21.3. The zero-order valence-corrected chi connectivity index (χ0v) is 19.4. The highest BCUT2D eigenvalue weighted by Crippen LogP contribution is 2.33. The molecule has 0 aliphatic carbocycles. The molecule has 1 saturated heterocycles. The van der Waals surface area contributed by atoms with E-state index in [1.807, 2.05) is 61.5 Å². The maximum Gasteiger partial charge on any atom is 0.229 e. The highest BCUT2D eigenvalue weighted by atomic mass is 16.5. The summed E-state index contributed by atoms with van der Waals surface area (Å²) in [6.07, 6.45) is 1.92. The van der Waals surface area contributed by atoms with Gasteiger partial charge >= 0.3 is 0 Å². The molecule has 0 bridgehead atoms. The third kappa shape index (κ3) is 4.92. The third-order valence-electron chi connectivity index (χ3n) is 6.17. The number of benzene rings is 3. The second kappa shape index (κ2) is 9.90. The average molecular weight is 443 g/mol. The molecule has 0 aromatic heterocycles. The zero-order valence-electron chi connectivity index (χ0n) is 19.4. The molecule has 5 nitrogen and oxygen atoms in total. The van der Waals surface area contributed by atoms with Gasteiger partial charge in [0.05, 0.1) is 5.92 Å². The highest BCUT2D eigenvalue weighted by Gasteiger charge is 2.36. The van der Waals surface area contributed by atoms with Crippen LogP contribution in [0.5, 0.6) is 11.5 Å². The third-order valence-corrected chi connectivity index (χ3v) is 6.17. The minimum Gasteiger partial charge on any atom is -0.457 e. The van der Waals surface area contributed by atoms with Crippen LogP contribution in [0.25, 0.3) is 0 Å². The van der Waals surface area contributed by atoms with Gasteiger partial charge in [0.2, 0.25) is 11.8 Å². The first-order valence-electron chi connectivity index (χ1n) is 11.6. The smallest absolute Gasteiger partial charge is 0.229 e. The van der Waals surface area contributed by atoms with Crippen LogP contribution in [0.15, 0.2) is 66.7 Å². The van der Waals surface area contributed by atoms with Gasteiger partial charge in [-0.3, -0.25) is 9.59 Å². The van der Waals surface area contributed by atoms with Crippen molar-refractivity contribution in [2.75, 3.05) is 16.8 Å². The van der Waals surface area contributed by atoms with Crippen molar-refractivity contribution in [1.29, 1.82) is 0 Å². The van der Waals surface area contributed by atoms with Crippen LogP contribution < -0.4 is 15.0 Å². The number of carbonyl (C=O) groups excluding carboxylic acids is 2. The molecule has 4 rings (SSSR count). The van der Waals surface area contributed by atoms with Gasteiger partial charge in [-0.2, -0.15) is 0 Å². The van der Waals surface area contributed by atoms with Crippen LogP contribution in [0, 0.1) is 12.8 Å². The van der Waals surface area contributed by atoms with E-state index in [9.17, 15) is 9.59 Å². The fraction of sp³-hybridized carbons (Fsp3) is 0.286. The van der Waals surface area contributed by atoms with Crippen LogP contribution in [0.2, 0.25) is 0 Å². The molecule has 0 saturated carbocycles. The Balaban J connectivity index is 1.43. The Morgan fingerprint density at radius 1 is 0.970 bits per heavy atom. The van der Waals surface area contributed by atoms with Gasteiger partial charge in [-0.15, -0.1) is 0 Å². The van der Waals surface area contributed by atoms with E-state index in [0.29, 0.717) is 18.0 Å². The van der Waals surface area contributed by atoms with E-state index in [1.54, 1.807) is 4.90 Å². The fourth-order valence-corrected chi connectivity index (χ4v) is 4.31. The second-order valence-electron chi connectivity index (χ2n) is 8.42. The largest absolute Gasteiger partial charge is 0.457 e. The number of rotatable bonds is 7. The SMILES string of the molecule is CCc1cccc(CC)c1N1C[C@H](C(=O)Nc2ccc(Oc3ccccc3C)cc2)CC1=O. The molecule has 170 valence electrons. The predicted octanol–water partition coefficient (Wildman–Crippen LogP) is 5.90. The Morgan fingerprint density at radius 3 is 2.27 bits per heavy atom. The number of nitrogens with one attached hydrogen (secondary N) is 1. The number of hydrogen-bond acceptors (Lipinski definition) is 3. The monoisotopic (exact) mass is 442 g/mol. The van der Waals surface area contributed by atoms with Gasteiger partial charge in [-0.1, -0.05) is 50.2 Å². The molecule has 1 aliphatic rings. The van der Waals surface area contributed by atoms with Crippen molar-refractivity contribution >= 4 is 23.2 Å². The Morgan fingerprint density at radius 2 is 1.64 bits per heavy atom. The van der Waals surface area contributed by atoms with Crippen LogP contribution >= 0.6 is 0 Å². The lowest BCUT2D eigenvalue weighted by Gasteiger charge is -2.23. The van der Waals surface area contributed by atoms with E-state index < -0.39 is 0 Å². The first-order chi connectivity index (χ1) is 16.0. The maximum absolute atomic E-state index is 12.9. The lowest BCUT2D eigenvalue weighted by Crippen LogP contribution is -2.29. The van der Waals surface area contributed by atoms with Crippen LogP contribution in [-0.2, 0) is 22.4 Å². The van der Waals surface area contributed by atoms with Gasteiger partial charge < -0.3 is 15.0 Å². The molecule has 0 spiro atoms. The van der Waals surface area contributed by atoms with Crippen LogP contribution in [0.3, 0.4) is 0 Å². The van der Waals surface area contributed by atoms with E-state index in [-0.39, 0.29) is 24.2 Å². The Kier molecular flexibility index (Phi) is 6.78. The molecule has 0 radical (unpaired) electrons. The fourth-order valence-electron chi connectivity index (χ4n) is 4.31. The molecule has 33 heavy (non-hydrogen) atoms. The Hall–Kier alpha value is -3.60. The van der Waals surface area contributed by atoms with Crippen molar-refractivity contribution in [3.8, 4) is 11.5 Å². The molecule has 5 heteroatoms. The normalized spacial score (nSPS) is 15.5. The molecule has 3 aromatic carbocycles. The first kappa shape index (κ1) is 22.6. The number of amides is 2. The predicted molar refractivity (Wildman–Crippen MR) is 132 cm³/mol. The number of anilines is 2. The van der Waals surface area contributed by atoms with Gasteiger partial charge in [0.15, 0.2) is 0 Å². The zero-order chi connectivity index (χ0) is 23.4. The van der Waals surface area contributed by atoms with Gasteiger partial charge in [0.1, 0.15) is 11.5 Å². The first-order valence-corrected chi connectivity index (χ1v) is 11.6. The molecule has 1 aliphatic heterocycles. The summed E-state index contributed by atoms with van der Waals surface area (Å²) in [6.45, 7) is 6.59. The van der Waals surface area contributed by atoms with Crippen molar-refractivity contribution in [1.82, 2.24) is 0 Å². The number of nitrogens with zero attached hydrogens (tertiary/aromatic N) is 1. The van der Waals surface area contributed by atoms with Crippen molar-refractivity contribution < 1.29 is 14.3 Å². The summed E-state index contributed by atoms with van der Waals surface area (Å²) in [7, 11) is 0. The maximum atomic E-state index is 12.9. The second-order valence-corrected chi connectivity index (χ2v) is 8.42. The molecule has 0 unspecified atom stereocenters. The van der Waals surface area contributed by atoms with Crippen molar-refractivity contribution in [3.63, 3.8) is 0 Å². The minimum atomic E-state index is -0.380. The minimum absolute atomic E-state index is 0.00716. The van der Waals surface area contributed by atoms with E-state index in [0.717, 1.165) is 41.0 Å². The van der Waals surface area contributed by atoms with Crippen molar-refractivity contribution in [2.45, 2.75) is 40.0 Å². The van der Waals surface area contributed by atoms with Gasteiger partial charge in [-0.25, -0.2) is 0 Å². The summed E-state index contributed by atoms with van der Waals surface area (Å²) in [5.74, 6) is 0.999. The van der Waals surface area contributed by atoms with Crippen molar-refractivity contribution in [3.05, 3.63) is 83.4 Å². The van der Waals surface area contributed by atoms with E-state index >= 15 is 0 Å². The van der Waals surface area contributed by atoms with Crippen molar-refractivity contribution in [2.24, 2.45) is 5.92 Å². The lowest BCUT2D eigenvalue weighted by molar-refractivity contribution is -0.122. The van der Waals surface area contributed by atoms with Gasteiger partial charge in [-0.05, 0) is 66.8 Å². The van der Waals surface area contributed by atoms with E-state index in [4.69, 9.17) is 4.74 Å².